The van der Waals surface area contributed by atoms with Crippen molar-refractivity contribution in [2.75, 3.05) is 0 Å². The van der Waals surface area contributed by atoms with Gasteiger partial charge in [-0.2, -0.15) is 13.2 Å². The molecule has 3 rings (SSSR count). The fourth-order valence-corrected chi connectivity index (χ4v) is 2.66. The van der Waals surface area contributed by atoms with E-state index in [9.17, 15) is 18.3 Å². The van der Waals surface area contributed by atoms with Crippen molar-refractivity contribution in [1.29, 1.82) is 0 Å². The second-order valence-corrected chi connectivity index (χ2v) is 5.62. The molecule has 1 N–H and O–H groups in total. The summed E-state index contributed by atoms with van der Waals surface area (Å²) in [5.41, 5.74) is -1.04. The van der Waals surface area contributed by atoms with E-state index in [4.69, 9.17) is 0 Å². The first-order valence-electron chi connectivity index (χ1n) is 6.33. The zero-order valence-corrected chi connectivity index (χ0v) is 12.6. The Hall–Kier alpha value is -2.08. The topological polar surface area (TPSA) is 33.1 Å². The monoisotopic (exact) mass is 367 g/mol. The highest BCUT2D eigenvalue weighted by atomic mass is 79.9. The number of alkyl halides is 3. The van der Waals surface area contributed by atoms with E-state index >= 15 is 0 Å². The minimum atomic E-state index is -4.66. The van der Waals surface area contributed by atoms with Crippen LogP contribution in [0.2, 0.25) is 0 Å². The van der Waals surface area contributed by atoms with Crippen LogP contribution in [0.1, 0.15) is 5.69 Å². The number of aromatic nitrogens is 1. The van der Waals surface area contributed by atoms with Crippen LogP contribution in [-0.2, 0) is 6.18 Å². The molecule has 0 aliphatic rings. The Balaban J connectivity index is 2.44. The Morgan fingerprint density at radius 2 is 1.68 bits per heavy atom. The average Bonchev–Trinajstić information content (AvgIpc) is 2.47. The molecule has 0 atom stereocenters. The fourth-order valence-electron chi connectivity index (χ4n) is 2.30. The Kier molecular flexibility index (Phi) is 3.56. The van der Waals surface area contributed by atoms with Crippen molar-refractivity contribution in [3.63, 3.8) is 0 Å². The molecule has 0 saturated carbocycles. The molecule has 0 saturated heterocycles. The van der Waals surface area contributed by atoms with E-state index in [1.807, 2.05) is 0 Å². The van der Waals surface area contributed by atoms with Gasteiger partial charge in [0, 0.05) is 9.86 Å². The highest BCUT2D eigenvalue weighted by Gasteiger charge is 2.38. The number of rotatable bonds is 1. The largest absolute Gasteiger partial charge is 0.507 e. The molecular weight excluding hydrogens is 359 g/mol. The number of pyridine rings is 1. The smallest absolute Gasteiger partial charge is 0.434 e. The standard InChI is InChI=1S/C16H9BrF3NO/c17-10-6-7-12-11(8-10)14(22)13(9-4-2-1-3-5-9)15(21-12)16(18,19)20/h1-8H,(H,21,22). The van der Waals surface area contributed by atoms with Gasteiger partial charge in [-0.3, -0.25) is 0 Å². The molecule has 0 aliphatic heterocycles. The molecule has 2 aromatic carbocycles. The minimum Gasteiger partial charge on any atom is -0.507 e. The molecule has 112 valence electrons. The lowest BCUT2D eigenvalue weighted by atomic mass is 9.99. The molecule has 2 nitrogen and oxygen atoms in total. The van der Waals surface area contributed by atoms with E-state index < -0.39 is 17.6 Å². The number of halogens is 4. The Morgan fingerprint density at radius 1 is 1.00 bits per heavy atom. The molecule has 0 unspecified atom stereocenters. The SMILES string of the molecule is Oc1c(-c2ccccc2)c(C(F)(F)F)nc2ccc(Br)cc12. The lowest BCUT2D eigenvalue weighted by Gasteiger charge is -2.16. The first kappa shape index (κ1) is 14.8. The van der Waals surface area contributed by atoms with Gasteiger partial charge in [-0.15, -0.1) is 0 Å². The molecule has 0 amide bonds. The number of aromatic hydroxyl groups is 1. The summed E-state index contributed by atoms with van der Waals surface area (Å²) >= 11 is 3.24. The van der Waals surface area contributed by atoms with Gasteiger partial charge in [-0.25, -0.2) is 4.98 Å². The molecular formula is C16H9BrF3NO. The van der Waals surface area contributed by atoms with Crippen LogP contribution in [0.4, 0.5) is 13.2 Å². The van der Waals surface area contributed by atoms with E-state index in [1.54, 1.807) is 30.3 Å². The molecule has 6 heteroatoms. The van der Waals surface area contributed by atoms with Gasteiger partial charge < -0.3 is 5.11 Å². The van der Waals surface area contributed by atoms with Crippen molar-refractivity contribution in [2.24, 2.45) is 0 Å². The number of hydrogen-bond acceptors (Lipinski definition) is 2. The first-order valence-corrected chi connectivity index (χ1v) is 7.12. The van der Waals surface area contributed by atoms with Crippen molar-refractivity contribution in [3.05, 3.63) is 58.7 Å². The fraction of sp³-hybridized carbons (Fsp3) is 0.0625. The highest BCUT2D eigenvalue weighted by molar-refractivity contribution is 9.10. The van der Waals surface area contributed by atoms with Crippen LogP contribution >= 0.6 is 15.9 Å². The summed E-state index contributed by atoms with van der Waals surface area (Å²) in [7, 11) is 0. The van der Waals surface area contributed by atoms with Crippen molar-refractivity contribution < 1.29 is 18.3 Å². The molecule has 0 radical (unpaired) electrons. The predicted octanol–water partition coefficient (Wildman–Crippen LogP) is 5.39. The Labute approximate surface area is 132 Å². The summed E-state index contributed by atoms with van der Waals surface area (Å²) in [5, 5.41) is 10.7. The number of nitrogens with zero attached hydrogens (tertiary/aromatic N) is 1. The van der Waals surface area contributed by atoms with Crippen LogP contribution in [0.3, 0.4) is 0 Å². The maximum absolute atomic E-state index is 13.3. The first-order chi connectivity index (χ1) is 10.4. The van der Waals surface area contributed by atoms with E-state index in [-0.39, 0.29) is 22.0 Å². The van der Waals surface area contributed by atoms with Crippen LogP contribution in [0, 0.1) is 0 Å². The van der Waals surface area contributed by atoms with Gasteiger partial charge in [-0.1, -0.05) is 46.3 Å². The zero-order valence-electron chi connectivity index (χ0n) is 11.0. The van der Waals surface area contributed by atoms with Crippen LogP contribution in [0.5, 0.6) is 5.75 Å². The number of hydrogen-bond donors (Lipinski definition) is 1. The van der Waals surface area contributed by atoms with E-state index in [0.717, 1.165) is 0 Å². The van der Waals surface area contributed by atoms with Gasteiger partial charge in [0.05, 0.1) is 11.1 Å². The second kappa shape index (κ2) is 5.28. The van der Waals surface area contributed by atoms with Crippen molar-refractivity contribution >= 4 is 26.8 Å². The second-order valence-electron chi connectivity index (χ2n) is 4.71. The minimum absolute atomic E-state index is 0.0905. The summed E-state index contributed by atoms with van der Waals surface area (Å²) in [6, 6.07) is 12.5. The molecule has 22 heavy (non-hydrogen) atoms. The van der Waals surface area contributed by atoms with Crippen molar-refractivity contribution in [3.8, 4) is 16.9 Å². The quantitative estimate of drug-likeness (QED) is 0.625. The molecule has 1 heterocycles. The summed E-state index contributed by atoms with van der Waals surface area (Å²) in [5.74, 6) is -0.426. The molecule has 3 aromatic rings. The third kappa shape index (κ3) is 2.54. The van der Waals surface area contributed by atoms with E-state index in [1.165, 1.54) is 18.2 Å². The summed E-state index contributed by atoms with van der Waals surface area (Å²) in [6.45, 7) is 0. The lowest BCUT2D eigenvalue weighted by Crippen LogP contribution is -2.10. The maximum Gasteiger partial charge on any atom is 0.434 e. The van der Waals surface area contributed by atoms with Gasteiger partial charge in [0.15, 0.2) is 5.69 Å². The summed E-state index contributed by atoms with van der Waals surface area (Å²) in [4.78, 5) is 3.72. The van der Waals surface area contributed by atoms with Crippen LogP contribution in [0.15, 0.2) is 53.0 Å². The normalized spacial score (nSPS) is 11.8. The van der Waals surface area contributed by atoms with Gasteiger partial charge in [0.1, 0.15) is 5.75 Å². The molecule has 0 fully saturated rings. The third-order valence-corrected chi connectivity index (χ3v) is 3.74. The van der Waals surface area contributed by atoms with E-state index in [0.29, 0.717) is 4.47 Å². The van der Waals surface area contributed by atoms with Crippen LogP contribution in [-0.4, -0.2) is 10.1 Å². The highest BCUT2D eigenvalue weighted by Crippen LogP contribution is 2.44. The molecule has 1 aromatic heterocycles. The summed E-state index contributed by atoms with van der Waals surface area (Å²) in [6.07, 6.45) is -4.66. The number of benzene rings is 2. The molecule has 0 aliphatic carbocycles. The summed E-state index contributed by atoms with van der Waals surface area (Å²) < 4.78 is 40.7. The molecule has 0 bridgehead atoms. The zero-order chi connectivity index (χ0) is 15.9. The van der Waals surface area contributed by atoms with E-state index in [2.05, 4.69) is 20.9 Å². The van der Waals surface area contributed by atoms with Gasteiger partial charge in [0.2, 0.25) is 0 Å². The van der Waals surface area contributed by atoms with Crippen LogP contribution in [0.25, 0.3) is 22.0 Å². The van der Waals surface area contributed by atoms with Crippen molar-refractivity contribution in [2.45, 2.75) is 6.18 Å². The van der Waals surface area contributed by atoms with Gasteiger partial charge in [0.25, 0.3) is 0 Å². The maximum atomic E-state index is 13.3. The third-order valence-electron chi connectivity index (χ3n) is 3.25. The predicted molar refractivity (Wildman–Crippen MR) is 81.5 cm³/mol. The van der Waals surface area contributed by atoms with Gasteiger partial charge in [-0.05, 0) is 23.8 Å². The Bertz CT molecular complexity index is 847. The molecule has 0 spiro atoms. The number of fused-ring (bicyclic) bond motifs is 1. The van der Waals surface area contributed by atoms with Gasteiger partial charge >= 0.3 is 6.18 Å². The lowest BCUT2D eigenvalue weighted by molar-refractivity contribution is -0.140. The average molecular weight is 368 g/mol. The van der Waals surface area contributed by atoms with Crippen molar-refractivity contribution in [1.82, 2.24) is 4.98 Å². The Morgan fingerprint density at radius 3 is 2.32 bits per heavy atom. The van der Waals surface area contributed by atoms with Crippen LogP contribution < -0.4 is 0 Å².